The Morgan fingerprint density at radius 1 is 0.929 bits per heavy atom. The summed E-state index contributed by atoms with van der Waals surface area (Å²) in [6.45, 7) is 2.52. The van der Waals surface area contributed by atoms with Gasteiger partial charge in [-0.05, 0) is 43.3 Å². The smallest absolute Gasteiger partial charge is 0.254 e. The van der Waals surface area contributed by atoms with Gasteiger partial charge in [0.2, 0.25) is 5.91 Å². The molecule has 28 heavy (non-hydrogen) atoms. The number of benzene rings is 2. The minimum absolute atomic E-state index is 0.167. The second kappa shape index (κ2) is 8.21. The molecular weight excluding hydrogens is 360 g/mol. The summed E-state index contributed by atoms with van der Waals surface area (Å²) in [5, 5.41) is 0. The minimum atomic E-state index is -0.598. The Bertz CT molecular complexity index is 866. The molecule has 0 bridgehead atoms. The van der Waals surface area contributed by atoms with Crippen LogP contribution in [0.1, 0.15) is 17.3 Å². The van der Waals surface area contributed by atoms with Gasteiger partial charge in [0, 0.05) is 24.7 Å². The fraction of sp³-hybridized carbons (Fsp3) is 0.333. The van der Waals surface area contributed by atoms with Gasteiger partial charge in [0.15, 0.2) is 0 Å². The highest BCUT2D eigenvalue weighted by atomic mass is 16.5. The lowest BCUT2D eigenvalue weighted by Crippen LogP contribution is -2.57. The number of methoxy groups -OCH3 is 3. The average molecular weight is 384 g/mol. The zero-order valence-electron chi connectivity index (χ0n) is 16.5. The number of ether oxygens (including phenoxy) is 3. The third-order valence-corrected chi connectivity index (χ3v) is 4.93. The van der Waals surface area contributed by atoms with Gasteiger partial charge in [0.1, 0.15) is 23.3 Å². The summed E-state index contributed by atoms with van der Waals surface area (Å²) < 4.78 is 15.8. The van der Waals surface area contributed by atoms with Crippen molar-refractivity contribution in [2.24, 2.45) is 0 Å². The molecular formula is C21H24N2O5. The number of carbonyl (C=O) groups excluding carboxylic acids is 2. The Balaban J connectivity index is 1.82. The number of carbonyl (C=O) groups is 2. The van der Waals surface area contributed by atoms with E-state index >= 15 is 0 Å². The van der Waals surface area contributed by atoms with Crippen molar-refractivity contribution in [2.45, 2.75) is 13.0 Å². The molecule has 0 N–H and O–H groups in total. The lowest BCUT2D eigenvalue weighted by molar-refractivity contribution is -0.124. The molecule has 1 heterocycles. The highest BCUT2D eigenvalue weighted by molar-refractivity contribution is 6.04. The third-order valence-electron chi connectivity index (χ3n) is 4.93. The van der Waals surface area contributed by atoms with Crippen LogP contribution in [0.15, 0.2) is 42.5 Å². The molecule has 1 aliphatic rings. The molecule has 2 aromatic carbocycles. The normalized spacial score (nSPS) is 16.7. The third kappa shape index (κ3) is 3.60. The summed E-state index contributed by atoms with van der Waals surface area (Å²) in [5.41, 5.74) is 1.16. The van der Waals surface area contributed by atoms with Gasteiger partial charge in [-0.3, -0.25) is 9.59 Å². The molecule has 3 rings (SSSR count). The predicted octanol–water partition coefficient (Wildman–Crippen LogP) is 2.59. The van der Waals surface area contributed by atoms with Crippen molar-refractivity contribution in [1.29, 1.82) is 0 Å². The Kier molecular flexibility index (Phi) is 5.73. The summed E-state index contributed by atoms with van der Waals surface area (Å²) in [5.74, 6) is 1.54. The molecule has 0 aliphatic carbocycles. The molecule has 1 fully saturated rings. The van der Waals surface area contributed by atoms with Crippen LogP contribution in [0.5, 0.6) is 17.2 Å². The van der Waals surface area contributed by atoms with E-state index in [0.29, 0.717) is 41.6 Å². The Morgan fingerprint density at radius 3 is 2.18 bits per heavy atom. The van der Waals surface area contributed by atoms with Crippen LogP contribution in [0.3, 0.4) is 0 Å². The summed E-state index contributed by atoms with van der Waals surface area (Å²) in [6.07, 6.45) is 0. The summed E-state index contributed by atoms with van der Waals surface area (Å²) >= 11 is 0. The van der Waals surface area contributed by atoms with E-state index in [2.05, 4.69) is 0 Å². The number of nitrogens with zero attached hydrogens (tertiary/aromatic N) is 2. The van der Waals surface area contributed by atoms with E-state index in [1.165, 1.54) is 0 Å². The van der Waals surface area contributed by atoms with E-state index in [1.807, 2.05) is 0 Å². The van der Waals surface area contributed by atoms with Crippen LogP contribution < -0.4 is 19.1 Å². The van der Waals surface area contributed by atoms with Gasteiger partial charge in [-0.15, -0.1) is 0 Å². The van der Waals surface area contributed by atoms with Crippen LogP contribution >= 0.6 is 0 Å². The number of rotatable bonds is 5. The molecule has 1 unspecified atom stereocenters. The molecule has 0 spiro atoms. The topological polar surface area (TPSA) is 68.3 Å². The monoisotopic (exact) mass is 384 g/mol. The largest absolute Gasteiger partial charge is 0.497 e. The number of anilines is 1. The van der Waals surface area contributed by atoms with E-state index < -0.39 is 6.04 Å². The predicted molar refractivity (Wildman–Crippen MR) is 105 cm³/mol. The van der Waals surface area contributed by atoms with E-state index in [9.17, 15) is 9.59 Å². The first-order chi connectivity index (χ1) is 13.5. The van der Waals surface area contributed by atoms with Crippen molar-refractivity contribution in [1.82, 2.24) is 4.90 Å². The maximum Gasteiger partial charge on any atom is 0.254 e. The van der Waals surface area contributed by atoms with Gasteiger partial charge < -0.3 is 24.0 Å². The number of amides is 2. The maximum absolute atomic E-state index is 13.1. The van der Waals surface area contributed by atoms with Crippen molar-refractivity contribution in [3.63, 3.8) is 0 Å². The van der Waals surface area contributed by atoms with Crippen LogP contribution in [0.2, 0.25) is 0 Å². The zero-order valence-corrected chi connectivity index (χ0v) is 16.5. The van der Waals surface area contributed by atoms with Crippen LogP contribution in [0.25, 0.3) is 0 Å². The van der Waals surface area contributed by atoms with Crippen LogP contribution in [0.4, 0.5) is 5.69 Å². The van der Waals surface area contributed by atoms with Gasteiger partial charge >= 0.3 is 0 Å². The van der Waals surface area contributed by atoms with Gasteiger partial charge in [-0.2, -0.15) is 0 Å². The van der Waals surface area contributed by atoms with Crippen molar-refractivity contribution in [3.05, 3.63) is 48.0 Å². The number of hydrogen-bond donors (Lipinski definition) is 0. The summed E-state index contributed by atoms with van der Waals surface area (Å²) in [7, 11) is 4.70. The van der Waals surface area contributed by atoms with Gasteiger partial charge in [0.25, 0.3) is 5.91 Å². The first-order valence-electron chi connectivity index (χ1n) is 8.98. The lowest BCUT2D eigenvalue weighted by Gasteiger charge is -2.39. The molecule has 2 aromatic rings. The maximum atomic E-state index is 13.1. The Labute approximate surface area is 164 Å². The molecule has 0 aromatic heterocycles. The molecule has 148 valence electrons. The Morgan fingerprint density at radius 2 is 1.57 bits per heavy atom. The molecule has 1 atom stereocenters. The SMILES string of the molecule is COc1ccc(C(=O)N2CCN(c3cc(OC)ccc3OC)C(=O)C2C)cc1. The minimum Gasteiger partial charge on any atom is -0.497 e. The van der Waals surface area contributed by atoms with Crippen molar-refractivity contribution in [3.8, 4) is 17.2 Å². The van der Waals surface area contributed by atoms with Crippen molar-refractivity contribution >= 4 is 17.5 Å². The fourth-order valence-electron chi connectivity index (χ4n) is 3.29. The average Bonchev–Trinajstić information content (AvgIpc) is 2.74. The quantitative estimate of drug-likeness (QED) is 0.793. The molecule has 1 aliphatic heterocycles. The van der Waals surface area contributed by atoms with Crippen molar-refractivity contribution in [2.75, 3.05) is 39.3 Å². The van der Waals surface area contributed by atoms with Gasteiger partial charge in [-0.1, -0.05) is 0 Å². The van der Waals surface area contributed by atoms with E-state index in [-0.39, 0.29) is 11.8 Å². The standard InChI is InChI=1S/C21H24N2O5/c1-14-20(24)23(18-13-17(27-3)9-10-19(18)28-4)12-11-22(14)21(25)15-5-7-16(26-2)8-6-15/h5-10,13-14H,11-12H2,1-4H3. The molecule has 2 amide bonds. The van der Waals surface area contributed by atoms with Crippen LogP contribution in [0, 0.1) is 0 Å². The first-order valence-corrected chi connectivity index (χ1v) is 8.98. The first kappa shape index (κ1) is 19.5. The number of piperazine rings is 1. The lowest BCUT2D eigenvalue weighted by atomic mass is 10.1. The van der Waals surface area contributed by atoms with E-state index in [1.54, 1.807) is 80.5 Å². The van der Waals surface area contributed by atoms with Crippen LogP contribution in [-0.4, -0.2) is 57.2 Å². The molecule has 0 radical (unpaired) electrons. The second-order valence-corrected chi connectivity index (χ2v) is 6.43. The molecule has 1 saturated heterocycles. The molecule has 7 nitrogen and oxygen atoms in total. The van der Waals surface area contributed by atoms with Gasteiger partial charge in [0.05, 0.1) is 27.0 Å². The second-order valence-electron chi connectivity index (χ2n) is 6.43. The van der Waals surface area contributed by atoms with Gasteiger partial charge in [-0.25, -0.2) is 0 Å². The fourth-order valence-corrected chi connectivity index (χ4v) is 3.29. The summed E-state index contributed by atoms with van der Waals surface area (Å²) in [4.78, 5) is 29.2. The molecule has 0 saturated carbocycles. The van der Waals surface area contributed by atoms with Crippen molar-refractivity contribution < 1.29 is 23.8 Å². The van der Waals surface area contributed by atoms with Crippen LogP contribution in [-0.2, 0) is 4.79 Å². The Hall–Kier alpha value is -3.22. The van der Waals surface area contributed by atoms with E-state index in [0.717, 1.165) is 0 Å². The highest BCUT2D eigenvalue weighted by Crippen LogP contribution is 2.34. The summed E-state index contributed by atoms with van der Waals surface area (Å²) in [6, 6.07) is 11.6. The molecule has 7 heteroatoms. The number of hydrogen-bond acceptors (Lipinski definition) is 5. The van der Waals surface area contributed by atoms with E-state index in [4.69, 9.17) is 14.2 Å². The highest BCUT2D eigenvalue weighted by Gasteiger charge is 2.36. The zero-order chi connectivity index (χ0) is 20.3.